The average molecular weight is 422 g/mol. The predicted molar refractivity (Wildman–Crippen MR) is 110 cm³/mol. The maximum atomic E-state index is 12.9. The second-order valence-electron chi connectivity index (χ2n) is 8.30. The number of hydrogen-bond donors (Lipinski definition) is 2. The Balaban J connectivity index is 1.60. The molecule has 1 aromatic rings. The monoisotopic (exact) mass is 421 g/mol. The second-order valence-corrected chi connectivity index (χ2v) is 8.68. The maximum absolute atomic E-state index is 12.9. The smallest absolute Gasteiger partial charge is 0.322 e. The van der Waals surface area contributed by atoms with Crippen molar-refractivity contribution in [2.24, 2.45) is 5.92 Å². The third kappa shape index (κ3) is 4.34. The first-order valence-corrected chi connectivity index (χ1v) is 10.3. The first-order chi connectivity index (χ1) is 13.6. The summed E-state index contributed by atoms with van der Waals surface area (Å²) in [6.07, 6.45) is 1.99. The van der Waals surface area contributed by atoms with E-state index in [0.29, 0.717) is 29.8 Å². The van der Waals surface area contributed by atoms with Crippen LogP contribution >= 0.6 is 11.6 Å². The van der Waals surface area contributed by atoms with Crippen LogP contribution in [0.25, 0.3) is 0 Å². The molecule has 29 heavy (non-hydrogen) atoms. The molecule has 8 heteroatoms. The predicted octanol–water partition coefficient (Wildman–Crippen LogP) is 2.99. The molecule has 0 spiro atoms. The van der Waals surface area contributed by atoms with Gasteiger partial charge in [-0.2, -0.15) is 0 Å². The van der Waals surface area contributed by atoms with E-state index in [1.807, 2.05) is 24.8 Å². The Morgan fingerprint density at radius 2 is 2.00 bits per heavy atom. The summed E-state index contributed by atoms with van der Waals surface area (Å²) in [5.41, 5.74) is 1.13. The first-order valence-electron chi connectivity index (χ1n) is 9.91. The summed E-state index contributed by atoms with van der Waals surface area (Å²) in [6, 6.07) is 3.58. The highest BCUT2D eigenvalue weighted by Gasteiger charge is 2.44. The number of piperidine rings is 1. The molecule has 0 aromatic heterocycles. The molecule has 1 aromatic carbocycles. The molecule has 2 fully saturated rings. The number of urea groups is 1. The van der Waals surface area contributed by atoms with E-state index in [1.54, 1.807) is 14.0 Å². The Bertz CT molecular complexity index is 835. The quantitative estimate of drug-likeness (QED) is 0.715. The summed E-state index contributed by atoms with van der Waals surface area (Å²) >= 11 is 6.27. The summed E-state index contributed by atoms with van der Waals surface area (Å²) in [6.45, 7) is 6.75. The summed E-state index contributed by atoms with van der Waals surface area (Å²) < 4.78 is 5.38. The Hall–Kier alpha value is -2.28. The van der Waals surface area contributed by atoms with Gasteiger partial charge in [-0.3, -0.25) is 14.9 Å². The number of nitrogens with one attached hydrogen (secondary N) is 2. The number of likely N-dealkylation sites (tertiary alicyclic amines) is 1. The molecule has 2 saturated heterocycles. The van der Waals surface area contributed by atoms with Gasteiger partial charge in [-0.1, -0.05) is 24.6 Å². The first kappa shape index (κ1) is 21.4. The van der Waals surface area contributed by atoms with Crippen molar-refractivity contribution in [3.05, 3.63) is 28.3 Å². The lowest BCUT2D eigenvalue weighted by atomic mass is 9.86. The molecule has 7 nitrogen and oxygen atoms in total. The number of rotatable bonds is 5. The van der Waals surface area contributed by atoms with Crippen LogP contribution in [0.2, 0.25) is 5.02 Å². The topological polar surface area (TPSA) is 87.7 Å². The zero-order chi connectivity index (χ0) is 21.3. The van der Waals surface area contributed by atoms with Gasteiger partial charge in [-0.15, -0.1) is 0 Å². The van der Waals surface area contributed by atoms with E-state index in [4.69, 9.17) is 16.3 Å². The van der Waals surface area contributed by atoms with E-state index in [1.165, 1.54) is 5.56 Å². The molecular weight excluding hydrogens is 394 g/mol. The normalized spacial score (nSPS) is 23.6. The van der Waals surface area contributed by atoms with Crippen LogP contribution in [0.4, 0.5) is 4.79 Å². The van der Waals surface area contributed by atoms with Crippen molar-refractivity contribution in [1.82, 2.24) is 15.5 Å². The van der Waals surface area contributed by atoms with Crippen LogP contribution in [0.5, 0.6) is 5.75 Å². The fourth-order valence-corrected chi connectivity index (χ4v) is 4.50. The SMILES string of the molecule is COc1cc(C2CCN(C(=O)[C@@H](C)C[C@@]3(C)NC(=O)NC3=O)CC2)cc(C)c1Cl. The average Bonchev–Trinajstić information content (AvgIpc) is 2.94. The number of methoxy groups -OCH3 is 1. The zero-order valence-electron chi connectivity index (χ0n) is 17.3. The minimum Gasteiger partial charge on any atom is -0.495 e. The Morgan fingerprint density at radius 3 is 2.55 bits per heavy atom. The van der Waals surface area contributed by atoms with E-state index in [0.717, 1.165) is 18.4 Å². The number of aryl methyl sites for hydroxylation is 1. The number of carbonyl (C=O) groups excluding carboxylic acids is 3. The summed E-state index contributed by atoms with van der Waals surface area (Å²) in [4.78, 5) is 38.2. The molecule has 3 rings (SSSR count). The maximum Gasteiger partial charge on any atom is 0.322 e. The van der Waals surface area contributed by atoms with Gasteiger partial charge < -0.3 is 15.0 Å². The lowest BCUT2D eigenvalue weighted by molar-refractivity contribution is -0.137. The highest BCUT2D eigenvalue weighted by molar-refractivity contribution is 6.32. The summed E-state index contributed by atoms with van der Waals surface area (Å²) in [5, 5.41) is 5.50. The number of halogens is 1. The number of benzene rings is 1. The third-order valence-corrected chi connectivity index (χ3v) is 6.48. The summed E-state index contributed by atoms with van der Waals surface area (Å²) in [5.74, 6) is 0.297. The Labute approximate surface area is 176 Å². The zero-order valence-corrected chi connectivity index (χ0v) is 18.1. The fourth-order valence-electron chi connectivity index (χ4n) is 4.32. The number of carbonyl (C=O) groups is 3. The Morgan fingerprint density at radius 1 is 1.34 bits per heavy atom. The summed E-state index contributed by atoms with van der Waals surface area (Å²) in [7, 11) is 1.61. The molecule has 2 aliphatic rings. The van der Waals surface area contributed by atoms with Crippen LogP contribution in [0.1, 0.15) is 50.2 Å². The van der Waals surface area contributed by atoms with Crippen molar-refractivity contribution in [3.63, 3.8) is 0 Å². The highest BCUT2D eigenvalue weighted by Crippen LogP contribution is 2.36. The minimum absolute atomic E-state index is 0.0171. The van der Waals surface area contributed by atoms with E-state index in [9.17, 15) is 14.4 Å². The molecule has 2 heterocycles. The van der Waals surface area contributed by atoms with Crippen molar-refractivity contribution >= 4 is 29.4 Å². The molecule has 2 aliphatic heterocycles. The van der Waals surface area contributed by atoms with E-state index < -0.39 is 11.6 Å². The number of hydrogen-bond acceptors (Lipinski definition) is 4. The van der Waals surface area contributed by atoms with Crippen molar-refractivity contribution < 1.29 is 19.1 Å². The van der Waals surface area contributed by atoms with E-state index in [2.05, 4.69) is 16.7 Å². The molecule has 0 bridgehead atoms. The van der Waals surface area contributed by atoms with Crippen molar-refractivity contribution in [1.29, 1.82) is 0 Å². The molecule has 2 atom stereocenters. The van der Waals surface area contributed by atoms with Gasteiger partial charge in [0, 0.05) is 19.0 Å². The van der Waals surface area contributed by atoms with E-state index >= 15 is 0 Å². The number of imide groups is 1. The molecular formula is C21H28ClN3O4. The lowest BCUT2D eigenvalue weighted by Gasteiger charge is -2.35. The van der Waals surface area contributed by atoms with Gasteiger partial charge in [0.25, 0.3) is 5.91 Å². The molecule has 0 aliphatic carbocycles. The standard InChI is InChI=1S/C21H28ClN3O4/c1-12-9-15(10-16(29-4)17(12)22)14-5-7-25(8-6-14)18(26)13(2)11-21(3)19(27)23-20(28)24-21/h9-10,13-14H,5-8,11H2,1-4H3,(H2,23,24,27,28)/t13-,21+/m0/s1. The lowest BCUT2D eigenvalue weighted by Crippen LogP contribution is -2.48. The fraction of sp³-hybridized carbons (Fsp3) is 0.571. The Kier molecular flexibility index (Phi) is 6.08. The highest BCUT2D eigenvalue weighted by atomic mass is 35.5. The van der Waals surface area contributed by atoms with Crippen LogP contribution in [0, 0.1) is 12.8 Å². The van der Waals surface area contributed by atoms with Gasteiger partial charge in [0.05, 0.1) is 12.1 Å². The van der Waals surface area contributed by atoms with Gasteiger partial charge in [-0.05, 0) is 56.2 Å². The van der Waals surface area contributed by atoms with Crippen LogP contribution in [-0.2, 0) is 9.59 Å². The van der Waals surface area contributed by atoms with Crippen LogP contribution in [-0.4, -0.2) is 48.5 Å². The van der Waals surface area contributed by atoms with Gasteiger partial charge in [0.2, 0.25) is 5.91 Å². The minimum atomic E-state index is -1.04. The van der Waals surface area contributed by atoms with Crippen molar-refractivity contribution in [2.75, 3.05) is 20.2 Å². The van der Waals surface area contributed by atoms with Crippen molar-refractivity contribution in [2.45, 2.75) is 51.5 Å². The largest absolute Gasteiger partial charge is 0.495 e. The van der Waals surface area contributed by atoms with Crippen LogP contribution in [0.3, 0.4) is 0 Å². The molecule has 158 valence electrons. The molecule has 4 amide bonds. The van der Waals surface area contributed by atoms with Gasteiger partial charge >= 0.3 is 6.03 Å². The second kappa shape index (κ2) is 8.22. The van der Waals surface area contributed by atoms with Gasteiger partial charge in [0.15, 0.2) is 0 Å². The molecule has 0 radical (unpaired) electrons. The van der Waals surface area contributed by atoms with E-state index in [-0.39, 0.29) is 24.2 Å². The van der Waals surface area contributed by atoms with Crippen LogP contribution in [0.15, 0.2) is 12.1 Å². The van der Waals surface area contributed by atoms with Gasteiger partial charge in [0.1, 0.15) is 11.3 Å². The third-order valence-electron chi connectivity index (χ3n) is 6.00. The number of amides is 4. The van der Waals surface area contributed by atoms with Crippen molar-refractivity contribution in [3.8, 4) is 5.75 Å². The molecule has 0 saturated carbocycles. The van der Waals surface area contributed by atoms with Crippen LogP contribution < -0.4 is 15.4 Å². The molecule has 2 N–H and O–H groups in total. The number of nitrogens with zero attached hydrogens (tertiary/aromatic N) is 1. The van der Waals surface area contributed by atoms with Gasteiger partial charge in [-0.25, -0.2) is 4.79 Å². The number of ether oxygens (including phenoxy) is 1. The molecule has 0 unspecified atom stereocenters.